The largest absolute Gasteiger partial charge is 0.469 e. The van der Waals surface area contributed by atoms with Crippen LogP contribution in [0.4, 0.5) is 0 Å². The summed E-state index contributed by atoms with van der Waals surface area (Å²) >= 11 is 0. The van der Waals surface area contributed by atoms with Crippen LogP contribution in [0.25, 0.3) is 0 Å². The van der Waals surface area contributed by atoms with Crippen molar-refractivity contribution in [1.82, 2.24) is 5.32 Å². The molecule has 2 atom stereocenters. The predicted molar refractivity (Wildman–Crippen MR) is 76.9 cm³/mol. The number of esters is 1. The lowest BCUT2D eigenvalue weighted by Gasteiger charge is -2.26. The van der Waals surface area contributed by atoms with Crippen LogP contribution in [0.15, 0.2) is 0 Å². The molecule has 0 spiro atoms. The van der Waals surface area contributed by atoms with Gasteiger partial charge in [-0.1, -0.05) is 13.8 Å². The fourth-order valence-electron chi connectivity index (χ4n) is 1.45. The van der Waals surface area contributed by atoms with E-state index in [2.05, 4.69) is 10.1 Å². The van der Waals surface area contributed by atoms with E-state index in [-0.39, 0.29) is 0 Å². The number of sulfone groups is 1. The maximum atomic E-state index is 12.1. The van der Waals surface area contributed by atoms with E-state index in [1.54, 1.807) is 0 Å². The van der Waals surface area contributed by atoms with Crippen molar-refractivity contribution in [2.24, 2.45) is 5.92 Å². The Balaban J connectivity index is 4.87. The van der Waals surface area contributed by atoms with E-state index in [1.807, 2.05) is 20.8 Å². The van der Waals surface area contributed by atoms with Crippen molar-refractivity contribution in [3.63, 3.8) is 0 Å². The van der Waals surface area contributed by atoms with Gasteiger partial charge in [-0.05, 0) is 27.2 Å². The molecule has 7 heteroatoms. The van der Waals surface area contributed by atoms with Gasteiger partial charge in [-0.3, -0.25) is 9.59 Å². The Labute approximate surface area is 121 Å². The second kappa shape index (κ2) is 7.06. The molecular formula is C13H25NO5S. The zero-order chi connectivity index (χ0) is 16.1. The van der Waals surface area contributed by atoms with Crippen molar-refractivity contribution in [3.05, 3.63) is 0 Å². The Morgan fingerprint density at radius 1 is 1.25 bits per heavy atom. The van der Waals surface area contributed by atoms with E-state index in [9.17, 15) is 18.0 Å². The first-order valence-electron chi connectivity index (χ1n) is 6.58. The third-order valence-corrected chi connectivity index (χ3v) is 5.60. The zero-order valence-electron chi connectivity index (χ0n) is 13.0. The van der Waals surface area contributed by atoms with Gasteiger partial charge >= 0.3 is 5.97 Å². The maximum absolute atomic E-state index is 12.1. The van der Waals surface area contributed by atoms with Gasteiger partial charge in [-0.2, -0.15) is 0 Å². The lowest BCUT2D eigenvalue weighted by molar-refractivity contribution is -0.144. The molecule has 2 unspecified atom stereocenters. The Kier molecular flexibility index (Phi) is 6.67. The average Bonchev–Trinajstić information content (AvgIpc) is 2.35. The summed E-state index contributed by atoms with van der Waals surface area (Å²) in [5.41, 5.74) is -0.463. The molecule has 0 bridgehead atoms. The minimum atomic E-state index is -3.71. The molecule has 6 nitrogen and oxygen atoms in total. The summed E-state index contributed by atoms with van der Waals surface area (Å²) in [6.07, 6.45) is 0.685. The Morgan fingerprint density at radius 3 is 2.15 bits per heavy atom. The summed E-state index contributed by atoms with van der Waals surface area (Å²) < 4.78 is 28.7. The van der Waals surface area contributed by atoms with Crippen LogP contribution in [0.5, 0.6) is 0 Å². The highest BCUT2D eigenvalue weighted by Crippen LogP contribution is 2.13. The molecule has 0 aliphatic carbocycles. The van der Waals surface area contributed by atoms with Gasteiger partial charge < -0.3 is 10.1 Å². The van der Waals surface area contributed by atoms with Crippen LogP contribution < -0.4 is 5.32 Å². The normalized spacial score (nSPS) is 15.3. The molecule has 0 fully saturated rings. The number of carbonyl (C=O) groups excluding carboxylic acids is 2. The summed E-state index contributed by atoms with van der Waals surface area (Å²) in [4.78, 5) is 23.2. The third kappa shape index (κ3) is 5.48. The topological polar surface area (TPSA) is 89.5 Å². The Morgan fingerprint density at radius 2 is 1.75 bits per heavy atom. The molecule has 20 heavy (non-hydrogen) atoms. The third-order valence-electron chi connectivity index (χ3n) is 3.34. The smallest absolute Gasteiger partial charge is 0.309 e. The van der Waals surface area contributed by atoms with Gasteiger partial charge in [0.1, 0.15) is 5.25 Å². The molecule has 1 N–H and O–H groups in total. The van der Waals surface area contributed by atoms with E-state index < -0.39 is 44.2 Å². The van der Waals surface area contributed by atoms with E-state index in [0.717, 1.165) is 0 Å². The Hall–Kier alpha value is -1.11. The summed E-state index contributed by atoms with van der Waals surface area (Å²) in [7, 11) is -2.51. The van der Waals surface area contributed by atoms with E-state index in [1.165, 1.54) is 21.0 Å². The molecule has 0 aliphatic heterocycles. The molecule has 0 aromatic carbocycles. The van der Waals surface area contributed by atoms with Crippen molar-refractivity contribution in [2.75, 3.05) is 12.9 Å². The molecule has 0 saturated heterocycles. The van der Waals surface area contributed by atoms with Crippen LogP contribution in [-0.2, 0) is 24.2 Å². The fourth-order valence-corrected chi connectivity index (χ4v) is 2.96. The number of rotatable bonds is 7. The van der Waals surface area contributed by atoms with Crippen LogP contribution in [-0.4, -0.2) is 43.9 Å². The van der Waals surface area contributed by atoms with Crippen LogP contribution in [0, 0.1) is 5.92 Å². The quantitative estimate of drug-likeness (QED) is 0.706. The summed E-state index contributed by atoms with van der Waals surface area (Å²) in [5.74, 6) is -2.34. The van der Waals surface area contributed by atoms with Crippen molar-refractivity contribution in [2.45, 2.75) is 51.8 Å². The van der Waals surface area contributed by atoms with Crippen LogP contribution in [0.2, 0.25) is 0 Å². The number of hydrogen-bond acceptors (Lipinski definition) is 5. The van der Waals surface area contributed by atoms with Gasteiger partial charge in [0, 0.05) is 5.54 Å². The highest BCUT2D eigenvalue weighted by atomic mass is 32.2. The predicted octanol–water partition coefficient (Wildman–Crippen LogP) is 0.904. The molecule has 1 amide bonds. The maximum Gasteiger partial charge on any atom is 0.309 e. The minimum absolute atomic E-state index is 0.402. The van der Waals surface area contributed by atoms with Gasteiger partial charge in [0.2, 0.25) is 5.91 Å². The average molecular weight is 307 g/mol. The van der Waals surface area contributed by atoms with Crippen LogP contribution in [0.1, 0.15) is 41.0 Å². The zero-order valence-corrected chi connectivity index (χ0v) is 13.8. The molecule has 0 aromatic rings. The Bertz CT molecular complexity index is 455. The molecule has 0 radical (unpaired) electrons. The molecule has 0 rings (SSSR count). The molecular weight excluding hydrogens is 282 g/mol. The van der Waals surface area contributed by atoms with Gasteiger partial charge in [0.15, 0.2) is 9.84 Å². The standard InChI is InChI=1S/C13H25NO5S/c1-7-13(4,5)14-11(15)10(3)20(17,18)8-9(2)12(16)19-6/h9-10H,7-8H2,1-6H3,(H,14,15). The SMILES string of the molecule is CCC(C)(C)NC(=O)C(C)S(=O)(=O)CC(C)C(=O)OC. The van der Waals surface area contributed by atoms with E-state index >= 15 is 0 Å². The summed E-state index contributed by atoms with van der Waals surface area (Å²) in [5, 5.41) is 1.50. The van der Waals surface area contributed by atoms with E-state index in [4.69, 9.17) is 0 Å². The van der Waals surface area contributed by atoms with E-state index in [0.29, 0.717) is 6.42 Å². The molecule has 0 aliphatic rings. The van der Waals surface area contributed by atoms with Gasteiger partial charge in [-0.25, -0.2) is 8.42 Å². The monoisotopic (exact) mass is 307 g/mol. The number of hydrogen-bond donors (Lipinski definition) is 1. The van der Waals surface area contributed by atoms with Gasteiger partial charge in [0.05, 0.1) is 18.8 Å². The number of methoxy groups -OCH3 is 1. The molecule has 0 heterocycles. The number of nitrogens with one attached hydrogen (secondary N) is 1. The molecule has 0 aromatic heterocycles. The van der Waals surface area contributed by atoms with Gasteiger partial charge in [-0.15, -0.1) is 0 Å². The number of amides is 1. The second-order valence-electron chi connectivity index (χ2n) is 5.62. The first-order chi connectivity index (χ1) is 8.96. The van der Waals surface area contributed by atoms with Crippen LogP contribution >= 0.6 is 0 Å². The fraction of sp³-hybridized carbons (Fsp3) is 0.846. The lowest BCUT2D eigenvalue weighted by atomic mass is 10.0. The van der Waals surface area contributed by atoms with Crippen molar-refractivity contribution >= 4 is 21.7 Å². The minimum Gasteiger partial charge on any atom is -0.469 e. The van der Waals surface area contributed by atoms with Crippen LogP contribution in [0.3, 0.4) is 0 Å². The highest BCUT2D eigenvalue weighted by Gasteiger charge is 2.33. The number of ether oxygens (including phenoxy) is 1. The van der Waals surface area contributed by atoms with Crippen molar-refractivity contribution in [3.8, 4) is 0 Å². The first-order valence-corrected chi connectivity index (χ1v) is 8.29. The second-order valence-corrected chi connectivity index (χ2v) is 7.99. The lowest BCUT2D eigenvalue weighted by Crippen LogP contribution is -2.49. The van der Waals surface area contributed by atoms with Crippen molar-refractivity contribution in [1.29, 1.82) is 0 Å². The molecule has 0 saturated carbocycles. The first kappa shape index (κ1) is 18.9. The van der Waals surface area contributed by atoms with Crippen molar-refractivity contribution < 1.29 is 22.7 Å². The summed E-state index contributed by atoms with van der Waals surface area (Å²) in [6, 6.07) is 0. The summed E-state index contributed by atoms with van der Waals surface area (Å²) in [6.45, 7) is 8.34. The number of carbonyl (C=O) groups is 2. The highest BCUT2D eigenvalue weighted by molar-refractivity contribution is 7.92. The van der Waals surface area contributed by atoms with Gasteiger partial charge in [0.25, 0.3) is 0 Å². The molecule has 118 valence electrons.